The molecule has 0 spiro atoms. The van der Waals surface area contributed by atoms with Gasteiger partial charge in [-0.25, -0.2) is 13.2 Å². The molecule has 0 fully saturated rings. The number of hydrogen-bond acceptors (Lipinski definition) is 4. The van der Waals surface area contributed by atoms with Crippen LogP contribution in [0.3, 0.4) is 0 Å². The van der Waals surface area contributed by atoms with E-state index in [1.165, 1.54) is 0 Å². The van der Waals surface area contributed by atoms with Crippen LogP contribution >= 0.6 is 11.3 Å². The number of rotatable bonds is 5. The highest BCUT2D eigenvalue weighted by atomic mass is 32.2. The number of carbonyl (C=O) groups is 1. The summed E-state index contributed by atoms with van der Waals surface area (Å²) in [5.74, 6) is -1.44. The molecule has 1 heterocycles. The van der Waals surface area contributed by atoms with E-state index in [1.54, 1.807) is 25.1 Å². The Morgan fingerprint density at radius 3 is 2.35 bits per heavy atom. The average Bonchev–Trinajstić information content (AvgIpc) is 2.98. The van der Waals surface area contributed by atoms with Crippen molar-refractivity contribution in [1.29, 1.82) is 0 Å². The van der Waals surface area contributed by atoms with Gasteiger partial charge < -0.3 is 5.11 Å². The van der Waals surface area contributed by atoms with Crippen LogP contribution in [0.15, 0.2) is 59.5 Å². The number of thiophene rings is 1. The fraction of sp³-hybridized carbons (Fsp3) is 0.150. The number of benzene rings is 2. The number of sulfone groups is 1. The summed E-state index contributed by atoms with van der Waals surface area (Å²) in [5, 5.41) is 9.50. The van der Waals surface area contributed by atoms with Crippen LogP contribution in [0.2, 0.25) is 0 Å². The van der Waals surface area contributed by atoms with Crippen LogP contribution in [0, 0.1) is 13.8 Å². The Bertz CT molecular complexity index is 1060. The third kappa shape index (κ3) is 3.71. The predicted molar refractivity (Wildman–Crippen MR) is 104 cm³/mol. The minimum atomic E-state index is -3.64. The van der Waals surface area contributed by atoms with Gasteiger partial charge in [-0.3, -0.25) is 0 Å². The quantitative estimate of drug-likeness (QED) is 0.690. The van der Waals surface area contributed by atoms with E-state index in [4.69, 9.17) is 0 Å². The second-order valence-corrected chi connectivity index (χ2v) is 9.17. The van der Waals surface area contributed by atoms with Crippen molar-refractivity contribution in [3.05, 3.63) is 76.2 Å². The predicted octanol–water partition coefficient (Wildman–Crippen LogP) is 4.70. The zero-order valence-electron chi connectivity index (χ0n) is 14.4. The van der Waals surface area contributed by atoms with Crippen molar-refractivity contribution in [3.8, 4) is 10.4 Å². The summed E-state index contributed by atoms with van der Waals surface area (Å²) >= 11 is 1.10. The Hall–Kier alpha value is -2.44. The summed E-state index contributed by atoms with van der Waals surface area (Å²) in [4.78, 5) is 12.7. The molecule has 0 amide bonds. The third-order valence-electron chi connectivity index (χ3n) is 4.07. The Morgan fingerprint density at radius 1 is 1.04 bits per heavy atom. The highest BCUT2D eigenvalue weighted by molar-refractivity contribution is 7.90. The lowest BCUT2D eigenvalue weighted by molar-refractivity contribution is 0.0701. The maximum Gasteiger partial charge on any atom is 0.346 e. The van der Waals surface area contributed by atoms with Crippen molar-refractivity contribution in [2.75, 3.05) is 0 Å². The Balaban J connectivity index is 2.03. The molecule has 3 aromatic rings. The smallest absolute Gasteiger partial charge is 0.346 e. The maximum atomic E-state index is 12.9. The molecule has 0 atom stereocenters. The lowest BCUT2D eigenvalue weighted by atomic mass is 10.1. The van der Waals surface area contributed by atoms with E-state index in [0.717, 1.165) is 27.3 Å². The molecule has 0 radical (unpaired) electrons. The van der Waals surface area contributed by atoms with Gasteiger partial charge in [0.2, 0.25) is 0 Å². The van der Waals surface area contributed by atoms with Gasteiger partial charge in [0, 0.05) is 4.88 Å². The Kier molecular flexibility index (Phi) is 4.98. The van der Waals surface area contributed by atoms with Crippen LogP contribution in [0.25, 0.3) is 10.4 Å². The molecular weight excluding hydrogens is 368 g/mol. The van der Waals surface area contributed by atoms with Crippen LogP contribution in [0.5, 0.6) is 0 Å². The number of hydrogen-bond donors (Lipinski definition) is 1. The summed E-state index contributed by atoms with van der Waals surface area (Å²) < 4.78 is 25.7. The zero-order valence-corrected chi connectivity index (χ0v) is 16.0. The van der Waals surface area contributed by atoms with Crippen molar-refractivity contribution in [2.24, 2.45) is 0 Å². The largest absolute Gasteiger partial charge is 0.477 e. The van der Waals surface area contributed by atoms with Gasteiger partial charge in [0.1, 0.15) is 4.88 Å². The van der Waals surface area contributed by atoms with Crippen molar-refractivity contribution >= 4 is 27.1 Å². The third-order valence-corrected chi connectivity index (χ3v) is 7.11. The highest BCUT2D eigenvalue weighted by Gasteiger charge is 2.24. The van der Waals surface area contributed by atoms with Gasteiger partial charge >= 0.3 is 5.97 Å². The summed E-state index contributed by atoms with van der Waals surface area (Å²) in [7, 11) is -3.64. The molecule has 4 nitrogen and oxygen atoms in total. The van der Waals surface area contributed by atoms with Crippen molar-refractivity contribution in [2.45, 2.75) is 24.5 Å². The Morgan fingerprint density at radius 2 is 1.73 bits per heavy atom. The van der Waals surface area contributed by atoms with Gasteiger partial charge in [0.15, 0.2) is 9.84 Å². The lowest BCUT2D eigenvalue weighted by Crippen LogP contribution is -2.09. The molecule has 1 N–H and O–H groups in total. The molecule has 2 aromatic carbocycles. The summed E-state index contributed by atoms with van der Waals surface area (Å²) in [6.07, 6.45) is 0. The summed E-state index contributed by atoms with van der Waals surface area (Å²) in [5.41, 5.74) is 2.84. The van der Waals surface area contributed by atoms with Crippen LogP contribution in [-0.2, 0) is 15.6 Å². The molecule has 0 saturated heterocycles. The van der Waals surface area contributed by atoms with Crippen molar-refractivity contribution < 1.29 is 18.3 Å². The first-order valence-electron chi connectivity index (χ1n) is 7.99. The molecule has 26 heavy (non-hydrogen) atoms. The first kappa shape index (κ1) is 18.4. The molecule has 0 bridgehead atoms. The maximum absolute atomic E-state index is 12.9. The van der Waals surface area contributed by atoms with E-state index >= 15 is 0 Å². The average molecular weight is 386 g/mol. The molecule has 0 unspecified atom stereocenters. The topological polar surface area (TPSA) is 71.4 Å². The second-order valence-electron chi connectivity index (χ2n) is 6.16. The summed E-state index contributed by atoms with van der Waals surface area (Å²) in [6, 6.07) is 16.2. The molecular formula is C20H18O4S2. The highest BCUT2D eigenvalue weighted by Crippen LogP contribution is 2.34. The Labute approximate surface area is 156 Å². The van der Waals surface area contributed by atoms with Crippen LogP contribution in [-0.4, -0.2) is 19.5 Å². The number of carboxylic acids is 1. The van der Waals surface area contributed by atoms with E-state index in [0.29, 0.717) is 11.1 Å². The van der Waals surface area contributed by atoms with Gasteiger partial charge in [-0.2, -0.15) is 0 Å². The first-order valence-corrected chi connectivity index (χ1v) is 10.5. The lowest BCUT2D eigenvalue weighted by Gasteiger charge is -2.08. The summed E-state index contributed by atoms with van der Waals surface area (Å²) in [6.45, 7) is 3.65. The monoisotopic (exact) mass is 386 g/mol. The molecule has 1 aromatic heterocycles. The van der Waals surface area contributed by atoms with Gasteiger partial charge in [-0.1, -0.05) is 48.0 Å². The van der Waals surface area contributed by atoms with Crippen LogP contribution in [0.4, 0.5) is 0 Å². The van der Waals surface area contributed by atoms with Crippen molar-refractivity contribution in [3.63, 3.8) is 0 Å². The molecule has 0 saturated carbocycles. The van der Waals surface area contributed by atoms with E-state index < -0.39 is 15.8 Å². The number of aryl methyl sites for hydroxylation is 2. The minimum Gasteiger partial charge on any atom is -0.477 e. The molecule has 6 heteroatoms. The van der Waals surface area contributed by atoms with Crippen LogP contribution < -0.4 is 0 Å². The van der Waals surface area contributed by atoms with E-state index in [1.807, 2.05) is 43.3 Å². The minimum absolute atomic E-state index is 0.0668. The SMILES string of the molecule is Cc1ccc(S(=O)(=O)Cc2cc(-c3ccccc3)sc2C(=O)O)c(C)c1. The van der Waals surface area contributed by atoms with Gasteiger partial charge in [-0.05, 0) is 42.7 Å². The van der Waals surface area contributed by atoms with E-state index in [-0.39, 0.29) is 15.5 Å². The standard InChI is InChI=1S/C20H18O4S2/c1-13-8-9-18(14(2)10-13)26(23,24)12-16-11-17(25-19(16)20(21)22)15-6-4-3-5-7-15/h3-11H,12H2,1-2H3,(H,21,22). The molecule has 0 aliphatic rings. The molecule has 0 aliphatic heterocycles. The fourth-order valence-electron chi connectivity index (χ4n) is 2.89. The van der Waals surface area contributed by atoms with Gasteiger partial charge in [0.25, 0.3) is 0 Å². The molecule has 3 rings (SSSR count). The van der Waals surface area contributed by atoms with Crippen molar-refractivity contribution in [1.82, 2.24) is 0 Å². The number of aromatic carboxylic acids is 1. The number of carboxylic acid groups (broad SMARTS) is 1. The first-order chi connectivity index (χ1) is 12.3. The van der Waals surface area contributed by atoms with E-state index in [2.05, 4.69) is 0 Å². The molecule has 0 aliphatic carbocycles. The normalized spacial score (nSPS) is 11.5. The fourth-order valence-corrected chi connectivity index (χ4v) is 5.63. The van der Waals surface area contributed by atoms with Crippen LogP contribution in [0.1, 0.15) is 26.4 Å². The molecule has 134 valence electrons. The second kappa shape index (κ2) is 7.05. The van der Waals surface area contributed by atoms with E-state index in [9.17, 15) is 18.3 Å². The van der Waals surface area contributed by atoms with Gasteiger partial charge in [0.05, 0.1) is 10.6 Å². The van der Waals surface area contributed by atoms with Gasteiger partial charge in [-0.15, -0.1) is 11.3 Å². The zero-order chi connectivity index (χ0) is 18.9.